The standard InChI is InChI=1S/C14H10BrClO2/c15-10-7-5-9(6-8-10)13(17)14(18)11-3-1-2-4-12(11)16/h1-8,14,18H/t14-/m1/s1. The summed E-state index contributed by atoms with van der Waals surface area (Å²) in [5, 5.41) is 10.4. The van der Waals surface area contributed by atoms with Crippen LogP contribution in [0.5, 0.6) is 0 Å². The number of hydrogen-bond donors (Lipinski definition) is 1. The summed E-state index contributed by atoms with van der Waals surface area (Å²) in [6.07, 6.45) is -1.24. The zero-order valence-corrected chi connectivity index (χ0v) is 11.6. The first-order chi connectivity index (χ1) is 8.59. The van der Waals surface area contributed by atoms with Crippen LogP contribution >= 0.6 is 27.5 Å². The first kappa shape index (κ1) is 13.3. The van der Waals surface area contributed by atoms with Crippen molar-refractivity contribution in [2.24, 2.45) is 0 Å². The number of aliphatic hydroxyl groups excluding tert-OH is 1. The number of rotatable bonds is 3. The zero-order chi connectivity index (χ0) is 13.1. The molecular formula is C14H10BrClO2. The molecule has 0 aliphatic heterocycles. The van der Waals surface area contributed by atoms with Crippen molar-refractivity contribution in [1.29, 1.82) is 0 Å². The van der Waals surface area contributed by atoms with Gasteiger partial charge in [-0.2, -0.15) is 0 Å². The van der Waals surface area contributed by atoms with Gasteiger partial charge in [-0.25, -0.2) is 0 Å². The summed E-state index contributed by atoms with van der Waals surface area (Å²) in [6, 6.07) is 13.6. The molecule has 92 valence electrons. The summed E-state index contributed by atoms with van der Waals surface area (Å²) < 4.78 is 0.881. The second kappa shape index (κ2) is 5.65. The van der Waals surface area contributed by atoms with Crippen LogP contribution in [0.1, 0.15) is 22.0 Å². The summed E-state index contributed by atoms with van der Waals surface area (Å²) in [4.78, 5) is 12.1. The molecule has 1 atom stereocenters. The normalized spacial score (nSPS) is 12.2. The van der Waals surface area contributed by atoms with Gasteiger partial charge in [0.05, 0.1) is 0 Å². The third-order valence-corrected chi connectivity index (χ3v) is 3.45. The van der Waals surface area contributed by atoms with Gasteiger partial charge in [-0.3, -0.25) is 4.79 Å². The van der Waals surface area contributed by atoms with Crippen molar-refractivity contribution in [3.8, 4) is 0 Å². The number of halogens is 2. The van der Waals surface area contributed by atoms with Gasteiger partial charge in [0.2, 0.25) is 0 Å². The Morgan fingerprint density at radius 1 is 1.11 bits per heavy atom. The number of hydrogen-bond acceptors (Lipinski definition) is 2. The molecule has 0 aliphatic carbocycles. The summed E-state index contributed by atoms with van der Waals surface area (Å²) >= 11 is 9.25. The van der Waals surface area contributed by atoms with Gasteiger partial charge in [-0.05, 0) is 18.2 Å². The molecule has 0 spiro atoms. The molecule has 0 saturated carbocycles. The average Bonchev–Trinajstić information content (AvgIpc) is 2.38. The van der Waals surface area contributed by atoms with Crippen molar-refractivity contribution in [1.82, 2.24) is 0 Å². The Labute approximate surface area is 118 Å². The van der Waals surface area contributed by atoms with E-state index in [4.69, 9.17) is 11.6 Å². The highest BCUT2D eigenvalue weighted by molar-refractivity contribution is 9.10. The largest absolute Gasteiger partial charge is 0.380 e. The van der Waals surface area contributed by atoms with E-state index in [-0.39, 0.29) is 5.78 Å². The zero-order valence-electron chi connectivity index (χ0n) is 9.31. The average molecular weight is 326 g/mol. The fraction of sp³-hybridized carbons (Fsp3) is 0.0714. The molecule has 2 aromatic carbocycles. The second-order valence-electron chi connectivity index (χ2n) is 3.80. The number of aliphatic hydroxyl groups is 1. The Balaban J connectivity index is 2.29. The lowest BCUT2D eigenvalue weighted by Gasteiger charge is -2.11. The summed E-state index contributed by atoms with van der Waals surface area (Å²) in [5.41, 5.74) is 0.873. The van der Waals surface area contributed by atoms with Crippen molar-refractivity contribution >= 4 is 33.3 Å². The fourth-order valence-electron chi connectivity index (χ4n) is 1.61. The smallest absolute Gasteiger partial charge is 0.195 e. The van der Waals surface area contributed by atoms with E-state index in [1.165, 1.54) is 0 Å². The Hall–Kier alpha value is -1.16. The first-order valence-corrected chi connectivity index (χ1v) is 6.49. The van der Waals surface area contributed by atoms with Crippen LogP contribution in [-0.4, -0.2) is 10.9 Å². The molecule has 18 heavy (non-hydrogen) atoms. The van der Waals surface area contributed by atoms with E-state index in [1.807, 2.05) is 0 Å². The second-order valence-corrected chi connectivity index (χ2v) is 5.12. The topological polar surface area (TPSA) is 37.3 Å². The van der Waals surface area contributed by atoms with Crippen LogP contribution < -0.4 is 0 Å². The Kier molecular flexibility index (Phi) is 4.17. The lowest BCUT2D eigenvalue weighted by atomic mass is 10.00. The van der Waals surface area contributed by atoms with Crippen molar-refractivity contribution in [3.63, 3.8) is 0 Å². The third-order valence-electron chi connectivity index (χ3n) is 2.58. The quantitative estimate of drug-likeness (QED) is 0.866. The molecule has 2 aromatic rings. The van der Waals surface area contributed by atoms with Gasteiger partial charge in [0.25, 0.3) is 0 Å². The molecule has 0 heterocycles. The Morgan fingerprint density at radius 2 is 1.72 bits per heavy atom. The maximum absolute atomic E-state index is 12.1. The highest BCUT2D eigenvalue weighted by Crippen LogP contribution is 2.25. The van der Waals surface area contributed by atoms with Gasteiger partial charge in [0, 0.05) is 20.6 Å². The van der Waals surface area contributed by atoms with E-state index >= 15 is 0 Å². The molecular weight excluding hydrogens is 316 g/mol. The minimum atomic E-state index is -1.24. The summed E-state index contributed by atoms with van der Waals surface area (Å²) in [5.74, 6) is -0.365. The molecule has 0 unspecified atom stereocenters. The predicted octanol–water partition coefficient (Wildman–Crippen LogP) is 4.02. The van der Waals surface area contributed by atoms with E-state index in [1.54, 1.807) is 48.5 Å². The van der Waals surface area contributed by atoms with E-state index in [0.717, 1.165) is 4.47 Å². The van der Waals surface area contributed by atoms with Gasteiger partial charge >= 0.3 is 0 Å². The number of carbonyl (C=O) groups excluding carboxylic acids is 1. The fourth-order valence-corrected chi connectivity index (χ4v) is 2.11. The van der Waals surface area contributed by atoms with Gasteiger partial charge in [0.1, 0.15) is 6.10 Å². The molecule has 0 aromatic heterocycles. The molecule has 0 radical (unpaired) electrons. The minimum Gasteiger partial charge on any atom is -0.380 e. The van der Waals surface area contributed by atoms with Gasteiger partial charge < -0.3 is 5.11 Å². The minimum absolute atomic E-state index is 0.365. The molecule has 0 fully saturated rings. The number of carbonyl (C=O) groups is 1. The number of benzene rings is 2. The molecule has 2 nitrogen and oxygen atoms in total. The van der Waals surface area contributed by atoms with E-state index in [2.05, 4.69) is 15.9 Å². The van der Waals surface area contributed by atoms with Crippen LogP contribution in [0.3, 0.4) is 0 Å². The predicted molar refractivity (Wildman–Crippen MR) is 74.9 cm³/mol. The van der Waals surface area contributed by atoms with Crippen molar-refractivity contribution in [3.05, 3.63) is 69.2 Å². The molecule has 1 N–H and O–H groups in total. The highest BCUT2D eigenvalue weighted by Gasteiger charge is 2.20. The maximum Gasteiger partial charge on any atom is 0.195 e. The molecule has 4 heteroatoms. The summed E-state index contributed by atoms with van der Waals surface area (Å²) in [6.45, 7) is 0. The van der Waals surface area contributed by atoms with Crippen molar-refractivity contribution in [2.45, 2.75) is 6.10 Å². The van der Waals surface area contributed by atoms with Crippen LogP contribution in [0, 0.1) is 0 Å². The van der Waals surface area contributed by atoms with E-state index in [9.17, 15) is 9.90 Å². The van der Waals surface area contributed by atoms with E-state index in [0.29, 0.717) is 16.1 Å². The monoisotopic (exact) mass is 324 g/mol. The molecule has 0 amide bonds. The van der Waals surface area contributed by atoms with Gasteiger partial charge in [-0.15, -0.1) is 0 Å². The van der Waals surface area contributed by atoms with Crippen LogP contribution in [0.4, 0.5) is 0 Å². The third kappa shape index (κ3) is 2.80. The number of Topliss-reactive ketones (excluding diaryl/α,β-unsaturated/α-hetero) is 1. The first-order valence-electron chi connectivity index (χ1n) is 5.32. The molecule has 0 aliphatic rings. The van der Waals surface area contributed by atoms with Gasteiger partial charge in [-0.1, -0.05) is 57.9 Å². The number of ketones is 1. The molecule has 2 rings (SSSR count). The lowest BCUT2D eigenvalue weighted by molar-refractivity contribution is 0.0747. The van der Waals surface area contributed by atoms with Crippen molar-refractivity contribution in [2.75, 3.05) is 0 Å². The SMILES string of the molecule is O=C(c1ccc(Br)cc1)[C@H](O)c1ccccc1Cl. The lowest BCUT2D eigenvalue weighted by Crippen LogP contribution is -2.12. The van der Waals surface area contributed by atoms with Crippen LogP contribution in [-0.2, 0) is 0 Å². The maximum atomic E-state index is 12.1. The Bertz CT molecular complexity index is 566. The molecule has 0 bridgehead atoms. The highest BCUT2D eigenvalue weighted by atomic mass is 79.9. The van der Waals surface area contributed by atoms with Crippen LogP contribution in [0.2, 0.25) is 5.02 Å². The Morgan fingerprint density at radius 3 is 2.33 bits per heavy atom. The van der Waals surface area contributed by atoms with Crippen LogP contribution in [0.25, 0.3) is 0 Å². The van der Waals surface area contributed by atoms with E-state index < -0.39 is 6.10 Å². The van der Waals surface area contributed by atoms with Crippen molar-refractivity contribution < 1.29 is 9.90 Å². The van der Waals surface area contributed by atoms with Gasteiger partial charge in [0.15, 0.2) is 5.78 Å². The van der Waals surface area contributed by atoms with Crippen LogP contribution in [0.15, 0.2) is 53.0 Å². The molecule has 0 saturated heterocycles. The summed E-state index contributed by atoms with van der Waals surface area (Å²) in [7, 11) is 0.